The number of nitro benzene ring substituents is 1. The normalized spacial score (nSPS) is 16.2. The van der Waals surface area contributed by atoms with E-state index < -0.39 is 27.9 Å². The molecule has 2 aromatic carbocycles. The van der Waals surface area contributed by atoms with Crippen molar-refractivity contribution in [2.24, 2.45) is 0 Å². The molecule has 0 saturated carbocycles. The highest BCUT2D eigenvalue weighted by Gasteiger charge is 2.28. The number of rotatable bonds is 7. The Labute approximate surface area is 223 Å². The summed E-state index contributed by atoms with van der Waals surface area (Å²) in [6.45, 7) is 1.58. The number of fused-ring (bicyclic) bond motifs is 1. The molecule has 0 spiro atoms. The van der Waals surface area contributed by atoms with Gasteiger partial charge in [-0.05, 0) is 51.6 Å². The summed E-state index contributed by atoms with van der Waals surface area (Å²) in [7, 11) is 3.83. The molecule has 1 fully saturated rings. The molecule has 10 nitrogen and oxygen atoms in total. The molecule has 0 aliphatic carbocycles. The number of para-hydroxylation sites is 1. The third kappa shape index (κ3) is 6.00. The van der Waals surface area contributed by atoms with Crippen molar-refractivity contribution in [1.82, 2.24) is 19.4 Å². The zero-order chi connectivity index (χ0) is 27.4. The minimum atomic E-state index is -0.899. The van der Waals surface area contributed by atoms with Gasteiger partial charge >= 0.3 is 0 Å². The maximum absolute atomic E-state index is 14.5. The number of nitrogens with zero attached hydrogens (tertiary/aromatic N) is 5. The van der Waals surface area contributed by atoms with Gasteiger partial charge in [0.05, 0.1) is 32.6 Å². The van der Waals surface area contributed by atoms with Crippen LogP contribution in [0.2, 0.25) is 5.02 Å². The number of benzene rings is 2. The van der Waals surface area contributed by atoms with Crippen LogP contribution in [0.3, 0.4) is 0 Å². The van der Waals surface area contributed by atoms with E-state index in [1.807, 2.05) is 25.1 Å². The first-order valence-electron chi connectivity index (χ1n) is 12.2. The van der Waals surface area contributed by atoms with E-state index in [2.05, 4.69) is 10.3 Å². The Morgan fingerprint density at radius 3 is 2.82 bits per heavy atom. The fourth-order valence-electron chi connectivity index (χ4n) is 4.52. The quantitative estimate of drug-likeness (QED) is 0.264. The van der Waals surface area contributed by atoms with Crippen LogP contribution >= 0.6 is 11.6 Å². The highest BCUT2D eigenvalue weighted by atomic mass is 35.5. The number of carbonyl (C=O) groups excluding carboxylic acids is 2. The highest BCUT2D eigenvalue weighted by molar-refractivity contribution is 6.35. The number of carbonyl (C=O) groups is 2. The lowest BCUT2D eigenvalue weighted by Gasteiger charge is -2.26. The van der Waals surface area contributed by atoms with Crippen LogP contribution in [0.4, 0.5) is 16.0 Å². The standard InChI is InChI=1S/C26H28ClFN6O4/c1-31(2)13-6-10-23(35)32-14-4-3-7-18(16-32)33-24-20(27)8-5-9-22(24)29-26(33)30-25(36)19-15-17(34(37)38)11-12-21(19)28/h5-6,8-12,15,18H,3-4,7,13-14,16H2,1-2H3,(H,29,30,36)/b10-6+/t18-/m1/s1. The maximum atomic E-state index is 14.5. The Balaban J connectivity index is 1.70. The van der Waals surface area contributed by atoms with E-state index in [1.54, 1.807) is 33.7 Å². The summed E-state index contributed by atoms with van der Waals surface area (Å²) in [5.74, 6) is -1.78. The number of halogens is 2. The second-order valence-corrected chi connectivity index (χ2v) is 9.79. The lowest BCUT2D eigenvalue weighted by molar-refractivity contribution is -0.384. The van der Waals surface area contributed by atoms with Crippen LogP contribution in [0.1, 0.15) is 35.7 Å². The predicted molar refractivity (Wildman–Crippen MR) is 143 cm³/mol. The van der Waals surface area contributed by atoms with Crippen LogP contribution < -0.4 is 5.32 Å². The monoisotopic (exact) mass is 542 g/mol. The smallest absolute Gasteiger partial charge is 0.270 e. The van der Waals surface area contributed by atoms with Gasteiger partial charge in [0.1, 0.15) is 5.82 Å². The fraction of sp³-hybridized carbons (Fsp3) is 0.346. The molecule has 1 aliphatic heterocycles. The Morgan fingerprint density at radius 1 is 1.29 bits per heavy atom. The molecule has 0 unspecified atom stereocenters. The van der Waals surface area contributed by atoms with Crippen LogP contribution in [-0.4, -0.2) is 69.8 Å². The van der Waals surface area contributed by atoms with Crippen molar-refractivity contribution in [3.63, 3.8) is 0 Å². The number of hydrogen-bond donors (Lipinski definition) is 1. The number of nitro groups is 1. The van der Waals surface area contributed by atoms with Gasteiger partial charge in [0.15, 0.2) is 0 Å². The van der Waals surface area contributed by atoms with Gasteiger partial charge in [0.2, 0.25) is 11.9 Å². The lowest BCUT2D eigenvalue weighted by atomic mass is 10.1. The van der Waals surface area contributed by atoms with E-state index in [4.69, 9.17) is 11.6 Å². The molecule has 1 aromatic heterocycles. The molecule has 2 heterocycles. The van der Waals surface area contributed by atoms with Gasteiger partial charge in [-0.15, -0.1) is 0 Å². The van der Waals surface area contributed by atoms with Gasteiger partial charge in [-0.2, -0.15) is 0 Å². The number of likely N-dealkylation sites (N-methyl/N-ethyl adjacent to an activating group) is 1. The molecule has 1 saturated heterocycles. The van der Waals surface area contributed by atoms with E-state index in [0.717, 1.165) is 31.0 Å². The lowest BCUT2D eigenvalue weighted by Crippen LogP contribution is -2.34. The summed E-state index contributed by atoms with van der Waals surface area (Å²) in [4.78, 5) is 44.7. The second kappa shape index (κ2) is 11.7. The molecule has 4 rings (SSSR count). The van der Waals surface area contributed by atoms with Crippen molar-refractivity contribution in [3.8, 4) is 0 Å². The molecule has 1 N–H and O–H groups in total. The minimum absolute atomic E-state index is 0.112. The van der Waals surface area contributed by atoms with Crippen molar-refractivity contribution in [2.45, 2.75) is 25.3 Å². The topological polar surface area (TPSA) is 114 Å². The molecular weight excluding hydrogens is 515 g/mol. The first-order valence-corrected chi connectivity index (χ1v) is 12.6. The third-order valence-corrected chi connectivity index (χ3v) is 6.65. The molecular formula is C26H28ClFN6O4. The minimum Gasteiger partial charge on any atom is -0.337 e. The summed E-state index contributed by atoms with van der Waals surface area (Å²) >= 11 is 6.56. The number of anilines is 1. The van der Waals surface area contributed by atoms with Crippen LogP contribution in [0.5, 0.6) is 0 Å². The van der Waals surface area contributed by atoms with E-state index >= 15 is 0 Å². The van der Waals surface area contributed by atoms with Gasteiger partial charge in [0, 0.05) is 37.8 Å². The van der Waals surface area contributed by atoms with Gasteiger partial charge < -0.3 is 14.4 Å². The Bertz CT molecular complexity index is 1410. The van der Waals surface area contributed by atoms with Gasteiger partial charge in [0.25, 0.3) is 11.6 Å². The molecule has 0 bridgehead atoms. The number of nitrogens with one attached hydrogen (secondary N) is 1. The van der Waals surface area contributed by atoms with Gasteiger partial charge in [-0.1, -0.05) is 23.7 Å². The summed E-state index contributed by atoms with van der Waals surface area (Å²) in [5.41, 5.74) is 0.202. The fourth-order valence-corrected chi connectivity index (χ4v) is 4.78. The number of imidazole rings is 1. The third-order valence-electron chi connectivity index (χ3n) is 6.35. The number of likely N-dealkylation sites (tertiary alicyclic amines) is 1. The molecule has 1 aliphatic rings. The predicted octanol–water partition coefficient (Wildman–Crippen LogP) is 4.66. The average molecular weight is 543 g/mol. The van der Waals surface area contributed by atoms with E-state index in [9.17, 15) is 24.1 Å². The first-order chi connectivity index (χ1) is 18.2. The van der Waals surface area contributed by atoms with Crippen molar-refractivity contribution in [3.05, 3.63) is 75.1 Å². The first kappa shape index (κ1) is 27.2. The van der Waals surface area contributed by atoms with Crippen LogP contribution in [0, 0.1) is 15.9 Å². The summed E-state index contributed by atoms with van der Waals surface area (Å²) in [6.07, 6.45) is 5.70. The van der Waals surface area contributed by atoms with E-state index in [0.29, 0.717) is 42.1 Å². The Hall–Kier alpha value is -3.83. The number of non-ortho nitro benzene ring substituents is 1. The maximum Gasteiger partial charge on any atom is 0.270 e. The average Bonchev–Trinajstić information content (AvgIpc) is 3.05. The largest absolute Gasteiger partial charge is 0.337 e. The van der Waals surface area contributed by atoms with Crippen LogP contribution in [0.25, 0.3) is 11.0 Å². The van der Waals surface area contributed by atoms with Gasteiger partial charge in [-0.3, -0.25) is 25.0 Å². The number of aromatic nitrogens is 2. The molecule has 12 heteroatoms. The Morgan fingerprint density at radius 2 is 2.08 bits per heavy atom. The van der Waals surface area contributed by atoms with Crippen molar-refractivity contribution < 1.29 is 18.9 Å². The molecule has 38 heavy (non-hydrogen) atoms. The summed E-state index contributed by atoms with van der Waals surface area (Å²) in [6, 6.07) is 7.65. The zero-order valence-electron chi connectivity index (χ0n) is 21.1. The van der Waals surface area contributed by atoms with Crippen molar-refractivity contribution in [1.29, 1.82) is 0 Å². The number of amides is 2. The second-order valence-electron chi connectivity index (χ2n) is 9.39. The molecule has 0 radical (unpaired) electrons. The number of hydrogen-bond acceptors (Lipinski definition) is 6. The van der Waals surface area contributed by atoms with Crippen LogP contribution in [-0.2, 0) is 4.79 Å². The highest BCUT2D eigenvalue weighted by Crippen LogP contribution is 2.34. The zero-order valence-corrected chi connectivity index (χ0v) is 21.8. The van der Waals surface area contributed by atoms with Crippen LogP contribution in [0.15, 0.2) is 48.6 Å². The van der Waals surface area contributed by atoms with Gasteiger partial charge in [-0.25, -0.2) is 9.37 Å². The molecule has 1 atom stereocenters. The summed E-state index contributed by atoms with van der Waals surface area (Å²) in [5, 5.41) is 14.2. The molecule has 2 amide bonds. The molecule has 3 aromatic rings. The molecule has 200 valence electrons. The summed E-state index contributed by atoms with van der Waals surface area (Å²) < 4.78 is 16.2. The van der Waals surface area contributed by atoms with E-state index in [1.165, 1.54) is 0 Å². The van der Waals surface area contributed by atoms with Crippen molar-refractivity contribution in [2.75, 3.05) is 39.0 Å². The Kier molecular flexibility index (Phi) is 8.38. The SMILES string of the molecule is CN(C)C/C=C/C(=O)N1CCCC[C@@H](n2c(NC(=O)c3cc([N+](=O)[O-])ccc3F)nc3cccc(Cl)c32)C1. The van der Waals surface area contributed by atoms with E-state index in [-0.39, 0.29) is 17.9 Å². The van der Waals surface area contributed by atoms with Crippen molar-refractivity contribution >= 4 is 46.1 Å².